The first-order valence-corrected chi connectivity index (χ1v) is 13.2. The van der Waals surface area contributed by atoms with E-state index in [1.807, 2.05) is 13.8 Å². The van der Waals surface area contributed by atoms with Crippen molar-refractivity contribution in [3.05, 3.63) is 58.9 Å². The van der Waals surface area contributed by atoms with E-state index in [0.717, 1.165) is 31.1 Å². The van der Waals surface area contributed by atoms with E-state index in [1.54, 1.807) is 24.3 Å². The van der Waals surface area contributed by atoms with Crippen LogP contribution in [0.2, 0.25) is 0 Å². The number of nitrogens with one attached hydrogen (secondary N) is 1. The van der Waals surface area contributed by atoms with Crippen molar-refractivity contribution in [2.75, 3.05) is 38.1 Å². The summed E-state index contributed by atoms with van der Waals surface area (Å²) in [6.45, 7) is 8.92. The highest BCUT2D eigenvalue weighted by atomic mass is 32.2. The molecule has 0 spiro atoms. The standard InChI is InChI=1S/C26H31FN2O5S/c1-5-29(6-2)13-7-8-17-14-19(27)9-12-22(17)35(31,32)28-21-11-10-20-24(23(21)25(30)33-4)34-16-18-15-26(18,20)3/h7-12,14,18,28H,5-6,13,15-16H2,1-4H3. The van der Waals surface area contributed by atoms with Gasteiger partial charge >= 0.3 is 5.97 Å². The highest BCUT2D eigenvalue weighted by Crippen LogP contribution is 2.60. The fourth-order valence-corrected chi connectivity index (χ4v) is 5.94. The van der Waals surface area contributed by atoms with Crippen LogP contribution in [0.5, 0.6) is 5.75 Å². The second-order valence-electron chi connectivity index (χ2n) is 9.16. The molecule has 9 heteroatoms. The molecule has 1 N–H and O–H groups in total. The molecule has 0 amide bonds. The maximum Gasteiger partial charge on any atom is 0.343 e. The first-order valence-electron chi connectivity index (χ1n) is 11.7. The van der Waals surface area contributed by atoms with E-state index in [1.165, 1.54) is 19.2 Å². The summed E-state index contributed by atoms with van der Waals surface area (Å²) in [5.41, 5.74) is 1.10. The molecule has 2 aromatic carbocycles. The SMILES string of the molecule is CCN(CC)CC=Cc1cc(F)ccc1S(=O)(=O)Nc1ccc2c(c1C(=O)OC)OCC1CC21C. The van der Waals surface area contributed by atoms with E-state index in [-0.39, 0.29) is 27.1 Å². The Balaban J connectivity index is 1.71. The third-order valence-electron chi connectivity index (χ3n) is 7.06. The van der Waals surface area contributed by atoms with E-state index in [4.69, 9.17) is 9.47 Å². The topological polar surface area (TPSA) is 84.9 Å². The molecule has 0 saturated heterocycles. The molecule has 1 aliphatic heterocycles. The lowest BCUT2D eigenvalue weighted by molar-refractivity contribution is 0.0595. The lowest BCUT2D eigenvalue weighted by Gasteiger charge is -2.26. The Kier molecular flexibility index (Phi) is 6.92. The van der Waals surface area contributed by atoms with Crippen LogP contribution in [-0.2, 0) is 20.2 Å². The van der Waals surface area contributed by atoms with Crippen LogP contribution in [0.25, 0.3) is 6.08 Å². The Morgan fingerprint density at radius 1 is 1.29 bits per heavy atom. The highest BCUT2D eigenvalue weighted by Gasteiger charge is 2.56. The van der Waals surface area contributed by atoms with Gasteiger partial charge in [-0.05, 0) is 49.3 Å². The number of nitrogens with zero attached hydrogens (tertiary/aromatic N) is 1. The van der Waals surface area contributed by atoms with Crippen LogP contribution in [0.1, 0.15) is 48.7 Å². The molecule has 4 rings (SSSR count). The smallest absolute Gasteiger partial charge is 0.343 e. The van der Waals surface area contributed by atoms with E-state index >= 15 is 0 Å². The minimum Gasteiger partial charge on any atom is -0.492 e. The number of rotatable bonds is 9. The molecule has 1 heterocycles. The van der Waals surface area contributed by atoms with Crippen molar-refractivity contribution in [1.29, 1.82) is 0 Å². The van der Waals surface area contributed by atoms with Crippen molar-refractivity contribution < 1.29 is 27.1 Å². The van der Waals surface area contributed by atoms with Crippen LogP contribution in [-0.4, -0.2) is 52.6 Å². The monoisotopic (exact) mass is 502 g/mol. The van der Waals surface area contributed by atoms with Crippen LogP contribution < -0.4 is 9.46 Å². The summed E-state index contributed by atoms with van der Waals surface area (Å²) in [6, 6.07) is 6.86. The molecular weight excluding hydrogens is 471 g/mol. The van der Waals surface area contributed by atoms with E-state index in [0.29, 0.717) is 24.8 Å². The Bertz CT molecular complexity index is 1270. The van der Waals surface area contributed by atoms with Gasteiger partial charge in [0.25, 0.3) is 10.0 Å². The molecule has 188 valence electrons. The minimum atomic E-state index is -4.18. The van der Waals surface area contributed by atoms with Crippen molar-refractivity contribution in [3.8, 4) is 5.75 Å². The van der Waals surface area contributed by atoms with Crippen molar-refractivity contribution in [3.63, 3.8) is 0 Å². The lowest BCUT2D eigenvalue weighted by atomic mass is 9.90. The molecule has 0 aromatic heterocycles. The van der Waals surface area contributed by atoms with Crippen molar-refractivity contribution in [2.24, 2.45) is 5.92 Å². The van der Waals surface area contributed by atoms with Gasteiger partial charge in [-0.15, -0.1) is 0 Å². The number of hydrogen-bond acceptors (Lipinski definition) is 6. The van der Waals surface area contributed by atoms with E-state index in [9.17, 15) is 17.6 Å². The summed E-state index contributed by atoms with van der Waals surface area (Å²) >= 11 is 0. The van der Waals surface area contributed by atoms with Gasteiger partial charge < -0.3 is 14.4 Å². The van der Waals surface area contributed by atoms with Crippen molar-refractivity contribution >= 4 is 27.8 Å². The van der Waals surface area contributed by atoms with Gasteiger partial charge in [0.15, 0.2) is 0 Å². The van der Waals surface area contributed by atoms with Crippen molar-refractivity contribution in [2.45, 2.75) is 37.5 Å². The van der Waals surface area contributed by atoms with Gasteiger partial charge in [-0.1, -0.05) is 39.0 Å². The Hall–Kier alpha value is -2.91. The Morgan fingerprint density at radius 3 is 2.71 bits per heavy atom. The number of methoxy groups -OCH3 is 1. The predicted molar refractivity (Wildman–Crippen MR) is 133 cm³/mol. The molecule has 2 unspecified atom stereocenters. The molecule has 1 saturated carbocycles. The number of hydrogen-bond donors (Lipinski definition) is 1. The molecule has 2 atom stereocenters. The van der Waals surface area contributed by atoms with Gasteiger partial charge in [-0.2, -0.15) is 0 Å². The fraction of sp³-hybridized carbons (Fsp3) is 0.423. The van der Waals surface area contributed by atoms with Gasteiger partial charge in [0, 0.05) is 23.4 Å². The first kappa shape index (κ1) is 25.2. The summed E-state index contributed by atoms with van der Waals surface area (Å²) in [6.07, 6.45) is 4.35. The summed E-state index contributed by atoms with van der Waals surface area (Å²) < 4.78 is 54.3. The Morgan fingerprint density at radius 2 is 2.03 bits per heavy atom. The zero-order valence-electron chi connectivity index (χ0n) is 20.4. The summed E-state index contributed by atoms with van der Waals surface area (Å²) in [5, 5.41) is 0. The number of sulfonamides is 1. The van der Waals surface area contributed by atoms with Crippen LogP contribution in [0, 0.1) is 11.7 Å². The number of carbonyl (C=O) groups excluding carboxylic acids is 1. The number of ether oxygens (including phenoxy) is 2. The summed E-state index contributed by atoms with van der Waals surface area (Å²) in [4.78, 5) is 14.8. The van der Waals surface area contributed by atoms with Gasteiger partial charge in [0.2, 0.25) is 0 Å². The fourth-order valence-electron chi connectivity index (χ4n) is 4.69. The first-order chi connectivity index (χ1) is 16.6. The molecule has 2 aliphatic rings. The van der Waals surface area contributed by atoms with E-state index < -0.39 is 21.8 Å². The molecule has 0 radical (unpaired) electrons. The van der Waals surface area contributed by atoms with Crippen LogP contribution >= 0.6 is 0 Å². The highest BCUT2D eigenvalue weighted by molar-refractivity contribution is 7.92. The maximum atomic E-state index is 14.0. The molecule has 1 fully saturated rings. The molecule has 35 heavy (non-hydrogen) atoms. The normalized spacial score (nSPS) is 20.8. The minimum absolute atomic E-state index is 0.0425. The number of fused-ring (bicyclic) bond motifs is 3. The third kappa shape index (κ3) is 4.79. The predicted octanol–water partition coefficient (Wildman–Crippen LogP) is 4.44. The molecule has 7 nitrogen and oxygen atoms in total. The zero-order chi connectivity index (χ0) is 25.4. The van der Waals surface area contributed by atoms with Gasteiger partial charge in [0.05, 0.1) is 24.3 Å². The Labute approximate surface area is 206 Å². The third-order valence-corrected chi connectivity index (χ3v) is 8.50. The number of benzene rings is 2. The van der Waals surface area contributed by atoms with Crippen LogP contribution in [0.15, 0.2) is 41.3 Å². The molecule has 1 aliphatic carbocycles. The van der Waals surface area contributed by atoms with Gasteiger partial charge in [-0.3, -0.25) is 4.72 Å². The van der Waals surface area contributed by atoms with Crippen LogP contribution in [0.4, 0.5) is 10.1 Å². The second-order valence-corrected chi connectivity index (χ2v) is 10.8. The number of carbonyl (C=O) groups is 1. The van der Waals surface area contributed by atoms with E-state index in [2.05, 4.69) is 16.5 Å². The average Bonchev–Trinajstić information content (AvgIpc) is 3.52. The lowest BCUT2D eigenvalue weighted by Crippen LogP contribution is -2.23. The van der Waals surface area contributed by atoms with Gasteiger partial charge in [-0.25, -0.2) is 17.6 Å². The summed E-state index contributed by atoms with van der Waals surface area (Å²) in [7, 11) is -2.94. The largest absolute Gasteiger partial charge is 0.492 e. The second kappa shape index (κ2) is 9.62. The number of halogens is 1. The summed E-state index contributed by atoms with van der Waals surface area (Å²) in [5.74, 6) is -0.503. The van der Waals surface area contributed by atoms with Gasteiger partial charge in [0.1, 0.15) is 17.1 Å². The molecule has 2 aromatic rings. The van der Waals surface area contributed by atoms with Crippen LogP contribution in [0.3, 0.4) is 0 Å². The quantitative estimate of drug-likeness (QED) is 0.511. The number of esters is 1. The average molecular weight is 503 g/mol. The zero-order valence-corrected chi connectivity index (χ0v) is 21.2. The number of anilines is 1. The number of likely N-dealkylation sites (N-methyl/N-ethyl adjacent to an activating group) is 1. The van der Waals surface area contributed by atoms with Crippen molar-refractivity contribution in [1.82, 2.24) is 4.90 Å². The maximum absolute atomic E-state index is 14.0. The molecular formula is C26H31FN2O5S. The molecule has 0 bridgehead atoms.